The highest BCUT2D eigenvalue weighted by Crippen LogP contribution is 2.31. The van der Waals surface area contributed by atoms with Crippen molar-refractivity contribution in [3.8, 4) is 11.5 Å². The van der Waals surface area contributed by atoms with Crippen LogP contribution in [-0.4, -0.2) is 32.5 Å². The van der Waals surface area contributed by atoms with Crippen LogP contribution < -0.4 is 20.5 Å². The zero-order valence-corrected chi connectivity index (χ0v) is 18.1. The Labute approximate surface area is 180 Å². The van der Waals surface area contributed by atoms with Gasteiger partial charge in [0.1, 0.15) is 5.58 Å². The summed E-state index contributed by atoms with van der Waals surface area (Å²) in [5.41, 5.74) is 9.52. The van der Waals surface area contributed by atoms with Gasteiger partial charge < -0.3 is 24.9 Å². The molecular formula is C24H26N2O5. The zero-order valence-electron chi connectivity index (χ0n) is 18.1. The summed E-state index contributed by atoms with van der Waals surface area (Å²) in [5, 5.41) is 3.55. The molecule has 1 amide bonds. The molecular weight excluding hydrogens is 396 g/mol. The van der Waals surface area contributed by atoms with Crippen LogP contribution in [0.2, 0.25) is 0 Å². The first kappa shape index (κ1) is 22.0. The molecule has 1 heterocycles. The largest absolute Gasteiger partial charge is 0.493 e. The number of fused-ring (bicyclic) bond motifs is 1. The summed E-state index contributed by atoms with van der Waals surface area (Å²) in [5.74, 6) is 1.06. The second kappa shape index (κ2) is 9.38. The topological polar surface area (TPSA) is 104 Å². The molecule has 7 heteroatoms. The van der Waals surface area contributed by atoms with Crippen LogP contribution in [0.25, 0.3) is 16.5 Å². The van der Waals surface area contributed by atoms with Gasteiger partial charge in [0.05, 0.1) is 19.9 Å². The van der Waals surface area contributed by atoms with Crippen LogP contribution in [-0.2, 0) is 11.2 Å². The molecule has 0 spiro atoms. The van der Waals surface area contributed by atoms with E-state index in [1.165, 1.54) is 13.0 Å². The summed E-state index contributed by atoms with van der Waals surface area (Å²) in [6.07, 6.45) is 2.20. The number of ketones is 1. The van der Waals surface area contributed by atoms with Crippen LogP contribution in [0, 0.1) is 0 Å². The van der Waals surface area contributed by atoms with Crippen molar-refractivity contribution in [1.29, 1.82) is 0 Å². The lowest BCUT2D eigenvalue weighted by atomic mass is 10.0. The third kappa shape index (κ3) is 4.88. The molecule has 3 rings (SSSR count). The van der Waals surface area contributed by atoms with Gasteiger partial charge in [0.15, 0.2) is 23.0 Å². The number of carbonyl (C=O) groups excluding carboxylic acids is 2. The predicted molar refractivity (Wildman–Crippen MR) is 121 cm³/mol. The predicted octanol–water partition coefficient (Wildman–Crippen LogP) is 4.00. The van der Waals surface area contributed by atoms with Gasteiger partial charge in [-0.1, -0.05) is 12.1 Å². The molecule has 2 aromatic carbocycles. The van der Waals surface area contributed by atoms with E-state index < -0.39 is 0 Å². The van der Waals surface area contributed by atoms with Crippen molar-refractivity contribution >= 4 is 33.9 Å². The Morgan fingerprint density at radius 1 is 1.06 bits per heavy atom. The number of nitrogens with one attached hydrogen (secondary N) is 1. The molecule has 0 aliphatic rings. The van der Waals surface area contributed by atoms with Crippen molar-refractivity contribution in [2.24, 2.45) is 0 Å². The Bertz CT molecular complexity index is 1160. The second-order valence-electron chi connectivity index (χ2n) is 7.17. The van der Waals surface area contributed by atoms with E-state index in [0.717, 1.165) is 16.7 Å². The smallest absolute Gasteiger partial charge is 0.244 e. The number of benzene rings is 2. The number of allylic oxidation sites excluding steroid dienone is 1. The maximum Gasteiger partial charge on any atom is 0.244 e. The number of amides is 1. The van der Waals surface area contributed by atoms with Gasteiger partial charge in [-0.2, -0.15) is 0 Å². The molecule has 0 bridgehead atoms. The maximum absolute atomic E-state index is 12.3. The molecule has 0 atom stereocenters. The van der Waals surface area contributed by atoms with Crippen LogP contribution in [0.3, 0.4) is 0 Å². The fraction of sp³-hybridized carbons (Fsp3) is 0.250. The summed E-state index contributed by atoms with van der Waals surface area (Å²) < 4.78 is 16.0. The Hall–Kier alpha value is -3.74. The minimum atomic E-state index is -0.226. The molecule has 0 unspecified atom stereocenters. The molecule has 0 saturated carbocycles. The Morgan fingerprint density at radius 2 is 1.81 bits per heavy atom. The molecule has 0 fully saturated rings. The van der Waals surface area contributed by atoms with Crippen LogP contribution in [0.1, 0.15) is 35.5 Å². The highest BCUT2D eigenvalue weighted by atomic mass is 16.5. The van der Waals surface area contributed by atoms with Crippen molar-refractivity contribution in [2.45, 2.75) is 20.3 Å². The van der Waals surface area contributed by atoms with E-state index in [9.17, 15) is 9.59 Å². The monoisotopic (exact) mass is 422 g/mol. The van der Waals surface area contributed by atoms with Crippen LogP contribution in [0.5, 0.6) is 11.5 Å². The maximum atomic E-state index is 12.3. The molecule has 31 heavy (non-hydrogen) atoms. The number of anilines is 1. The minimum Gasteiger partial charge on any atom is -0.493 e. The van der Waals surface area contributed by atoms with Gasteiger partial charge in [-0.3, -0.25) is 9.59 Å². The van der Waals surface area contributed by atoms with Gasteiger partial charge in [-0.25, -0.2) is 0 Å². The Balaban J connectivity index is 1.66. The first-order chi connectivity index (χ1) is 14.8. The van der Waals surface area contributed by atoms with Gasteiger partial charge in [0.25, 0.3) is 0 Å². The van der Waals surface area contributed by atoms with E-state index in [1.807, 2.05) is 37.3 Å². The van der Waals surface area contributed by atoms with Gasteiger partial charge in [0.2, 0.25) is 5.91 Å². The highest BCUT2D eigenvalue weighted by Gasteiger charge is 2.15. The summed E-state index contributed by atoms with van der Waals surface area (Å²) in [4.78, 5) is 24.0. The lowest BCUT2D eigenvalue weighted by Crippen LogP contribution is -2.23. The molecule has 1 aromatic heterocycles. The third-order valence-electron chi connectivity index (χ3n) is 5.01. The van der Waals surface area contributed by atoms with E-state index in [0.29, 0.717) is 41.1 Å². The molecule has 7 nitrogen and oxygen atoms in total. The number of hydrogen-bond donors (Lipinski definition) is 2. The zero-order chi connectivity index (χ0) is 22.5. The molecule has 162 valence electrons. The summed E-state index contributed by atoms with van der Waals surface area (Å²) >= 11 is 0. The molecule has 3 N–H and O–H groups in total. The van der Waals surface area contributed by atoms with E-state index in [1.54, 1.807) is 20.3 Å². The standard InChI is InChI=1S/C24H26N2O5/c1-14(17-6-8-19-18(13-17)23(25)24(31-19)15(2)27)11-22(28)26-10-9-16-5-7-20(29-3)21(12-16)30-4/h5-8,11-13H,9-10,25H2,1-4H3,(H,26,28). The fourth-order valence-electron chi connectivity index (χ4n) is 3.32. The highest BCUT2D eigenvalue weighted by molar-refractivity contribution is 6.06. The molecule has 0 aliphatic heterocycles. The van der Waals surface area contributed by atoms with Crippen molar-refractivity contribution in [3.05, 3.63) is 59.4 Å². The number of Topliss-reactive ketones (excluding diaryl/α,β-unsaturated/α-hetero) is 1. The average Bonchev–Trinajstić information content (AvgIpc) is 3.09. The quantitative estimate of drug-likeness (QED) is 0.420. The third-order valence-corrected chi connectivity index (χ3v) is 5.01. The molecule has 0 aliphatic carbocycles. The number of nitrogen functional groups attached to an aromatic ring is 1. The lowest BCUT2D eigenvalue weighted by molar-refractivity contribution is -0.116. The lowest BCUT2D eigenvalue weighted by Gasteiger charge is -2.10. The van der Waals surface area contributed by atoms with Crippen LogP contribution in [0.4, 0.5) is 5.69 Å². The number of ether oxygens (including phenoxy) is 2. The number of hydrogen-bond acceptors (Lipinski definition) is 6. The summed E-state index contributed by atoms with van der Waals surface area (Å²) in [6, 6.07) is 11.1. The summed E-state index contributed by atoms with van der Waals surface area (Å²) in [6.45, 7) is 3.73. The average molecular weight is 422 g/mol. The second-order valence-corrected chi connectivity index (χ2v) is 7.17. The minimum absolute atomic E-state index is 0.154. The van der Waals surface area contributed by atoms with E-state index in [4.69, 9.17) is 19.6 Å². The molecule has 0 saturated heterocycles. The SMILES string of the molecule is COc1ccc(CCNC(=O)C=C(C)c2ccc3oc(C(C)=O)c(N)c3c2)cc1OC. The first-order valence-electron chi connectivity index (χ1n) is 9.84. The Morgan fingerprint density at radius 3 is 2.48 bits per heavy atom. The van der Waals surface area contributed by atoms with Gasteiger partial charge in [-0.15, -0.1) is 0 Å². The number of nitrogens with two attached hydrogens (primary N) is 1. The first-order valence-corrected chi connectivity index (χ1v) is 9.84. The number of furan rings is 1. The van der Waals surface area contributed by atoms with Gasteiger partial charge in [-0.05, 0) is 54.3 Å². The fourth-order valence-corrected chi connectivity index (χ4v) is 3.32. The van der Waals surface area contributed by atoms with Crippen molar-refractivity contribution in [2.75, 3.05) is 26.5 Å². The Kier molecular flexibility index (Phi) is 6.65. The summed E-state index contributed by atoms with van der Waals surface area (Å²) in [7, 11) is 3.18. The van der Waals surface area contributed by atoms with Crippen molar-refractivity contribution in [3.63, 3.8) is 0 Å². The number of carbonyl (C=O) groups is 2. The number of rotatable bonds is 8. The van der Waals surface area contributed by atoms with E-state index in [2.05, 4.69) is 5.32 Å². The van der Waals surface area contributed by atoms with Crippen LogP contribution in [0.15, 0.2) is 46.9 Å². The number of methoxy groups -OCH3 is 2. The van der Waals surface area contributed by atoms with Gasteiger partial charge in [0, 0.05) is 24.9 Å². The van der Waals surface area contributed by atoms with Crippen molar-refractivity contribution < 1.29 is 23.5 Å². The van der Waals surface area contributed by atoms with E-state index in [-0.39, 0.29) is 17.5 Å². The molecule has 0 radical (unpaired) electrons. The normalized spacial score (nSPS) is 11.4. The molecule has 3 aromatic rings. The van der Waals surface area contributed by atoms with Crippen LogP contribution >= 0.6 is 0 Å². The van der Waals surface area contributed by atoms with Gasteiger partial charge >= 0.3 is 0 Å². The van der Waals surface area contributed by atoms with Crippen molar-refractivity contribution in [1.82, 2.24) is 5.32 Å². The van der Waals surface area contributed by atoms with E-state index >= 15 is 0 Å².